The van der Waals surface area contributed by atoms with Gasteiger partial charge >= 0.3 is 0 Å². The van der Waals surface area contributed by atoms with Crippen LogP contribution in [-0.2, 0) is 19.1 Å². The van der Waals surface area contributed by atoms with Crippen LogP contribution in [-0.4, -0.2) is 71.0 Å². The predicted octanol–water partition coefficient (Wildman–Crippen LogP) is -0.837. The Morgan fingerprint density at radius 3 is 2.27 bits per heavy atom. The van der Waals surface area contributed by atoms with E-state index in [2.05, 4.69) is 5.32 Å². The summed E-state index contributed by atoms with van der Waals surface area (Å²) in [5.41, 5.74) is 5.08. The number of primary amides is 1. The predicted molar refractivity (Wildman–Crippen MR) is 92.8 cm³/mol. The summed E-state index contributed by atoms with van der Waals surface area (Å²) in [6.07, 6.45) is 1.40. The van der Waals surface area contributed by atoms with Crippen molar-refractivity contribution in [2.75, 3.05) is 13.2 Å². The number of nitrogens with two attached hydrogens (primary N) is 1. The van der Waals surface area contributed by atoms with Gasteiger partial charge in [-0.05, 0) is 12.8 Å². The van der Waals surface area contributed by atoms with E-state index in [-0.39, 0.29) is 11.8 Å². The molecule has 1 saturated heterocycles. The van der Waals surface area contributed by atoms with E-state index in [0.29, 0.717) is 13.0 Å². The Morgan fingerprint density at radius 2 is 1.69 bits per heavy atom. The van der Waals surface area contributed by atoms with Gasteiger partial charge in [0, 0.05) is 20.0 Å². The fourth-order valence-electron chi connectivity index (χ4n) is 2.92. The molecular formula is C17H32N2O7. The van der Waals surface area contributed by atoms with Crippen LogP contribution in [0, 0.1) is 0 Å². The number of carbonyl (C=O) groups excluding carboxylic acids is 2. The Morgan fingerprint density at radius 1 is 1.08 bits per heavy atom. The van der Waals surface area contributed by atoms with Gasteiger partial charge in [-0.1, -0.05) is 25.7 Å². The molecule has 3 unspecified atom stereocenters. The molecule has 6 N–H and O–H groups in total. The third kappa shape index (κ3) is 7.96. The fraction of sp³-hybridized carbons (Fsp3) is 0.882. The number of carbonyl (C=O) groups is 2. The Kier molecular flexibility index (Phi) is 10.7. The lowest BCUT2D eigenvalue weighted by Crippen LogP contribution is -2.64. The standard InChI is InChI=1S/C17H32N2O7/c1-11(21)19-14-16(24)15(23)12(10-20)26-17(14)25-9-7-5-3-2-4-6-8-13(18)22/h12,14-17,20,23-24H,2-10H2,1H3,(H2,18,22)(H,19,21)/t12?,14?,15-,16?,17+/m0/s1. The number of rotatable bonds is 12. The van der Waals surface area contributed by atoms with Crippen LogP contribution >= 0.6 is 0 Å². The van der Waals surface area contributed by atoms with Crippen LogP contribution in [0.4, 0.5) is 0 Å². The molecule has 2 amide bonds. The van der Waals surface area contributed by atoms with Gasteiger partial charge in [0.25, 0.3) is 0 Å². The number of aliphatic hydroxyl groups excluding tert-OH is 3. The van der Waals surface area contributed by atoms with Crippen molar-refractivity contribution >= 4 is 11.8 Å². The Balaban J connectivity index is 2.31. The van der Waals surface area contributed by atoms with E-state index >= 15 is 0 Å². The van der Waals surface area contributed by atoms with Gasteiger partial charge in [-0.15, -0.1) is 0 Å². The number of amides is 2. The van der Waals surface area contributed by atoms with E-state index in [1.54, 1.807) is 0 Å². The first-order valence-electron chi connectivity index (χ1n) is 9.16. The minimum Gasteiger partial charge on any atom is -0.394 e. The molecule has 1 aliphatic heterocycles. The lowest BCUT2D eigenvalue weighted by atomic mass is 9.97. The highest BCUT2D eigenvalue weighted by molar-refractivity contribution is 5.73. The fourth-order valence-corrected chi connectivity index (χ4v) is 2.92. The molecule has 0 aromatic heterocycles. The Labute approximate surface area is 153 Å². The van der Waals surface area contributed by atoms with Crippen molar-refractivity contribution in [3.63, 3.8) is 0 Å². The van der Waals surface area contributed by atoms with Crippen LogP contribution in [0.2, 0.25) is 0 Å². The van der Waals surface area contributed by atoms with Crippen LogP contribution in [0.1, 0.15) is 51.9 Å². The van der Waals surface area contributed by atoms with Crippen molar-refractivity contribution in [1.82, 2.24) is 5.32 Å². The van der Waals surface area contributed by atoms with E-state index < -0.39 is 37.3 Å². The molecule has 0 aliphatic carbocycles. The van der Waals surface area contributed by atoms with Gasteiger partial charge in [0.05, 0.1) is 6.61 Å². The molecule has 0 aromatic rings. The normalized spacial score (nSPS) is 28.7. The molecule has 0 saturated carbocycles. The molecule has 1 aliphatic rings. The van der Waals surface area contributed by atoms with Crippen LogP contribution in [0.3, 0.4) is 0 Å². The highest BCUT2D eigenvalue weighted by Gasteiger charge is 2.45. The summed E-state index contributed by atoms with van der Waals surface area (Å²) < 4.78 is 11.1. The number of hydrogen-bond donors (Lipinski definition) is 5. The number of nitrogens with one attached hydrogen (secondary N) is 1. The summed E-state index contributed by atoms with van der Waals surface area (Å²) in [7, 11) is 0. The first-order chi connectivity index (χ1) is 12.4. The molecule has 26 heavy (non-hydrogen) atoms. The van der Waals surface area contributed by atoms with E-state index in [1.165, 1.54) is 6.92 Å². The van der Waals surface area contributed by atoms with Crippen LogP contribution in [0.25, 0.3) is 0 Å². The maximum atomic E-state index is 11.3. The quantitative estimate of drug-likeness (QED) is 0.279. The summed E-state index contributed by atoms with van der Waals surface area (Å²) in [6.45, 7) is 1.20. The molecule has 1 heterocycles. The summed E-state index contributed by atoms with van der Waals surface area (Å²) in [4.78, 5) is 21.9. The van der Waals surface area contributed by atoms with Gasteiger partial charge in [0.2, 0.25) is 11.8 Å². The maximum Gasteiger partial charge on any atom is 0.217 e. The van der Waals surface area contributed by atoms with Crippen molar-refractivity contribution in [3.05, 3.63) is 0 Å². The van der Waals surface area contributed by atoms with Gasteiger partial charge in [-0.2, -0.15) is 0 Å². The molecule has 5 atom stereocenters. The average Bonchev–Trinajstić information content (AvgIpc) is 2.58. The summed E-state index contributed by atoms with van der Waals surface area (Å²) in [5.74, 6) is -0.648. The SMILES string of the molecule is CC(=O)NC1C(O)[C@@H](O)C(CO)O[C@H]1OCCCCCCCCC(N)=O. The van der Waals surface area contributed by atoms with Crippen molar-refractivity contribution < 1.29 is 34.4 Å². The molecule has 0 spiro atoms. The third-order valence-electron chi connectivity index (χ3n) is 4.35. The van der Waals surface area contributed by atoms with Crippen molar-refractivity contribution in [1.29, 1.82) is 0 Å². The maximum absolute atomic E-state index is 11.3. The lowest BCUT2D eigenvalue weighted by Gasteiger charge is -2.42. The average molecular weight is 376 g/mol. The topological polar surface area (TPSA) is 151 Å². The van der Waals surface area contributed by atoms with E-state index in [4.69, 9.17) is 15.2 Å². The molecule has 9 nitrogen and oxygen atoms in total. The number of aliphatic hydroxyl groups is 3. The number of ether oxygens (including phenoxy) is 2. The van der Waals surface area contributed by atoms with Gasteiger partial charge < -0.3 is 35.8 Å². The van der Waals surface area contributed by atoms with Crippen molar-refractivity contribution in [2.45, 2.75) is 82.5 Å². The van der Waals surface area contributed by atoms with E-state index in [1.807, 2.05) is 0 Å². The highest BCUT2D eigenvalue weighted by Crippen LogP contribution is 2.22. The molecule has 152 valence electrons. The molecule has 0 radical (unpaired) electrons. The monoisotopic (exact) mass is 376 g/mol. The minimum absolute atomic E-state index is 0.270. The highest BCUT2D eigenvalue weighted by atomic mass is 16.7. The van der Waals surface area contributed by atoms with E-state index in [9.17, 15) is 24.9 Å². The van der Waals surface area contributed by atoms with Gasteiger partial charge in [0.1, 0.15) is 24.4 Å². The zero-order chi connectivity index (χ0) is 19.5. The first kappa shape index (κ1) is 22.8. The van der Waals surface area contributed by atoms with Crippen molar-refractivity contribution in [3.8, 4) is 0 Å². The first-order valence-corrected chi connectivity index (χ1v) is 9.16. The number of unbranched alkanes of at least 4 members (excludes halogenated alkanes) is 5. The Hall–Kier alpha value is -1.26. The van der Waals surface area contributed by atoms with Gasteiger partial charge in [-0.25, -0.2) is 0 Å². The molecule has 9 heteroatoms. The summed E-state index contributed by atoms with van der Waals surface area (Å²) >= 11 is 0. The minimum atomic E-state index is -1.31. The molecule has 0 bridgehead atoms. The van der Waals surface area contributed by atoms with Crippen LogP contribution < -0.4 is 11.1 Å². The lowest BCUT2D eigenvalue weighted by molar-refractivity contribution is -0.270. The van der Waals surface area contributed by atoms with Gasteiger partial charge in [-0.3, -0.25) is 9.59 Å². The third-order valence-corrected chi connectivity index (χ3v) is 4.35. The van der Waals surface area contributed by atoms with Crippen LogP contribution in [0.5, 0.6) is 0 Å². The Bertz CT molecular complexity index is 435. The molecule has 1 fully saturated rings. The summed E-state index contributed by atoms with van der Waals surface area (Å²) in [6, 6.07) is -0.904. The molecular weight excluding hydrogens is 344 g/mol. The van der Waals surface area contributed by atoms with Crippen molar-refractivity contribution in [2.24, 2.45) is 5.73 Å². The van der Waals surface area contributed by atoms with Gasteiger partial charge in [0.15, 0.2) is 6.29 Å². The second-order valence-electron chi connectivity index (χ2n) is 6.64. The second-order valence-corrected chi connectivity index (χ2v) is 6.64. The van der Waals surface area contributed by atoms with Crippen LogP contribution in [0.15, 0.2) is 0 Å². The zero-order valence-electron chi connectivity index (χ0n) is 15.3. The number of hydrogen-bond acceptors (Lipinski definition) is 7. The zero-order valence-corrected chi connectivity index (χ0v) is 15.3. The smallest absolute Gasteiger partial charge is 0.217 e. The largest absolute Gasteiger partial charge is 0.394 e. The molecule has 0 aromatic carbocycles. The second kappa shape index (κ2) is 12.2. The van der Waals surface area contributed by atoms with E-state index in [0.717, 1.165) is 38.5 Å². The summed E-state index contributed by atoms with van der Waals surface area (Å²) in [5, 5.41) is 31.8. The molecule has 1 rings (SSSR count).